The third-order valence-electron chi connectivity index (χ3n) is 1.58. The minimum absolute atomic E-state index is 0.269. The number of carbonyl (C=O) groups excluding carboxylic acids is 1. The van der Waals surface area contributed by atoms with Crippen LogP contribution in [0.3, 0.4) is 0 Å². The molecular formula is C10H8ClNO2. The van der Waals surface area contributed by atoms with E-state index in [-0.39, 0.29) is 5.02 Å². The minimum atomic E-state index is -0.425. The predicted octanol–water partition coefficient (Wildman–Crippen LogP) is 3.07. The van der Waals surface area contributed by atoms with Crippen molar-refractivity contribution in [3.05, 3.63) is 40.2 Å². The molecule has 0 amide bonds. The van der Waals surface area contributed by atoms with Crippen LogP contribution >= 0.6 is 11.6 Å². The lowest BCUT2D eigenvalue weighted by molar-refractivity contribution is 0.0526. The molecule has 3 nitrogen and oxygen atoms in total. The third kappa shape index (κ3) is 2.24. The van der Waals surface area contributed by atoms with Crippen LogP contribution in [0.2, 0.25) is 5.02 Å². The summed E-state index contributed by atoms with van der Waals surface area (Å²) in [6.07, 6.45) is 0. The van der Waals surface area contributed by atoms with Crippen LogP contribution in [0, 0.1) is 6.57 Å². The van der Waals surface area contributed by atoms with Crippen LogP contribution in [0.1, 0.15) is 17.3 Å². The van der Waals surface area contributed by atoms with Gasteiger partial charge in [0, 0.05) is 5.02 Å². The molecule has 0 saturated carbocycles. The van der Waals surface area contributed by atoms with Gasteiger partial charge in [0.2, 0.25) is 5.69 Å². The van der Waals surface area contributed by atoms with Crippen LogP contribution in [-0.4, -0.2) is 12.6 Å². The lowest BCUT2D eigenvalue weighted by atomic mass is 10.2. The van der Waals surface area contributed by atoms with Crippen molar-refractivity contribution >= 4 is 23.3 Å². The maximum absolute atomic E-state index is 11.2. The van der Waals surface area contributed by atoms with Crippen LogP contribution in [0.4, 0.5) is 5.69 Å². The van der Waals surface area contributed by atoms with E-state index in [1.807, 2.05) is 0 Å². The molecule has 0 N–H and O–H groups in total. The molecule has 0 radical (unpaired) electrons. The molecule has 4 heteroatoms. The lowest BCUT2D eigenvalue weighted by Crippen LogP contribution is -2.03. The Labute approximate surface area is 87.1 Å². The Hall–Kier alpha value is -1.53. The largest absolute Gasteiger partial charge is 0.462 e. The molecule has 14 heavy (non-hydrogen) atoms. The van der Waals surface area contributed by atoms with E-state index in [9.17, 15) is 4.79 Å². The molecule has 1 aromatic carbocycles. The number of rotatable bonds is 2. The Morgan fingerprint density at radius 2 is 2.36 bits per heavy atom. The number of halogens is 1. The average molecular weight is 210 g/mol. The van der Waals surface area contributed by atoms with Crippen molar-refractivity contribution < 1.29 is 9.53 Å². The minimum Gasteiger partial charge on any atom is -0.462 e. The molecule has 0 aromatic heterocycles. The van der Waals surface area contributed by atoms with E-state index in [1.54, 1.807) is 6.92 Å². The maximum Gasteiger partial charge on any atom is 0.338 e. The summed E-state index contributed by atoms with van der Waals surface area (Å²) in [7, 11) is 0. The number of ether oxygens (including phenoxy) is 1. The normalized spacial score (nSPS) is 9.21. The number of hydrogen-bond donors (Lipinski definition) is 0. The Bertz CT molecular complexity index is 396. The molecule has 0 spiro atoms. The molecule has 0 fully saturated rings. The fourth-order valence-corrected chi connectivity index (χ4v) is 1.16. The Morgan fingerprint density at radius 3 is 2.86 bits per heavy atom. The van der Waals surface area contributed by atoms with Gasteiger partial charge in [0.1, 0.15) is 0 Å². The van der Waals surface area contributed by atoms with Gasteiger partial charge in [0.15, 0.2) is 0 Å². The SMILES string of the molecule is [C-]#[N+]c1ccc(C(=O)OCC)cc1Cl. The lowest BCUT2D eigenvalue weighted by Gasteiger charge is -2.02. The summed E-state index contributed by atoms with van der Waals surface area (Å²) in [4.78, 5) is 14.4. The van der Waals surface area contributed by atoms with Crippen molar-refractivity contribution in [2.45, 2.75) is 6.92 Å². The van der Waals surface area contributed by atoms with E-state index in [4.69, 9.17) is 22.9 Å². The Balaban J connectivity index is 2.98. The quantitative estimate of drug-likeness (QED) is 0.554. The summed E-state index contributed by atoms with van der Waals surface area (Å²) >= 11 is 5.75. The van der Waals surface area contributed by atoms with Crippen molar-refractivity contribution in [1.82, 2.24) is 0 Å². The zero-order valence-corrected chi connectivity index (χ0v) is 8.34. The molecule has 72 valence electrons. The van der Waals surface area contributed by atoms with Crippen molar-refractivity contribution in [3.8, 4) is 0 Å². The number of hydrogen-bond acceptors (Lipinski definition) is 2. The Morgan fingerprint density at radius 1 is 1.64 bits per heavy atom. The summed E-state index contributed by atoms with van der Waals surface area (Å²) in [5, 5.41) is 0.269. The fourth-order valence-electron chi connectivity index (χ4n) is 0.939. The summed E-state index contributed by atoms with van der Waals surface area (Å²) in [6.45, 7) is 8.82. The first-order chi connectivity index (χ1) is 6.69. The maximum atomic E-state index is 11.2. The van der Waals surface area contributed by atoms with E-state index in [2.05, 4.69) is 4.85 Å². The second-order valence-corrected chi connectivity index (χ2v) is 2.91. The van der Waals surface area contributed by atoms with E-state index in [0.717, 1.165) is 0 Å². The summed E-state index contributed by atoms with van der Waals surface area (Å²) in [5.74, 6) is -0.425. The van der Waals surface area contributed by atoms with E-state index < -0.39 is 5.97 Å². The van der Waals surface area contributed by atoms with E-state index in [1.165, 1.54) is 18.2 Å². The standard InChI is InChI=1S/C10H8ClNO2/c1-3-14-10(13)7-4-5-9(12-2)8(11)6-7/h4-6H,3H2,1H3. The highest BCUT2D eigenvalue weighted by Crippen LogP contribution is 2.25. The average Bonchev–Trinajstić information content (AvgIpc) is 2.18. The number of esters is 1. The second-order valence-electron chi connectivity index (χ2n) is 2.50. The zero-order chi connectivity index (χ0) is 10.6. The van der Waals surface area contributed by atoms with Crippen LogP contribution in [-0.2, 0) is 4.74 Å². The topological polar surface area (TPSA) is 30.7 Å². The second kappa shape index (κ2) is 4.64. The van der Waals surface area contributed by atoms with Crippen molar-refractivity contribution in [2.24, 2.45) is 0 Å². The van der Waals surface area contributed by atoms with Crippen LogP contribution < -0.4 is 0 Å². The Kier molecular flexibility index (Phi) is 3.49. The van der Waals surface area contributed by atoms with Crippen LogP contribution in [0.5, 0.6) is 0 Å². The molecule has 0 aliphatic carbocycles. The smallest absolute Gasteiger partial charge is 0.338 e. The molecule has 0 heterocycles. The summed E-state index contributed by atoms with van der Waals surface area (Å²) in [6, 6.07) is 4.46. The van der Waals surface area contributed by atoms with Gasteiger partial charge in [0.05, 0.1) is 18.7 Å². The zero-order valence-electron chi connectivity index (χ0n) is 7.58. The van der Waals surface area contributed by atoms with E-state index >= 15 is 0 Å². The molecule has 1 aromatic rings. The number of nitrogens with zero attached hydrogens (tertiary/aromatic N) is 1. The highest BCUT2D eigenvalue weighted by molar-refractivity contribution is 6.33. The molecule has 0 atom stereocenters. The van der Waals surface area contributed by atoms with Gasteiger partial charge in [-0.2, -0.15) is 0 Å². The first kappa shape index (κ1) is 10.6. The van der Waals surface area contributed by atoms with Crippen molar-refractivity contribution in [1.29, 1.82) is 0 Å². The molecule has 0 aliphatic rings. The van der Waals surface area contributed by atoms with Gasteiger partial charge in [-0.1, -0.05) is 23.7 Å². The highest BCUT2D eigenvalue weighted by atomic mass is 35.5. The predicted molar refractivity (Wildman–Crippen MR) is 53.7 cm³/mol. The van der Waals surface area contributed by atoms with E-state index in [0.29, 0.717) is 17.9 Å². The molecule has 1 rings (SSSR count). The van der Waals surface area contributed by atoms with Gasteiger partial charge in [-0.05, 0) is 13.0 Å². The molecule has 0 bridgehead atoms. The fraction of sp³-hybridized carbons (Fsp3) is 0.200. The monoisotopic (exact) mass is 209 g/mol. The molecule has 0 aliphatic heterocycles. The summed E-state index contributed by atoms with van der Waals surface area (Å²) < 4.78 is 4.78. The van der Waals surface area contributed by atoms with Gasteiger partial charge in [-0.25, -0.2) is 9.64 Å². The first-order valence-corrected chi connectivity index (χ1v) is 4.41. The van der Waals surface area contributed by atoms with Gasteiger partial charge < -0.3 is 4.74 Å². The molecule has 0 unspecified atom stereocenters. The number of carbonyl (C=O) groups is 1. The highest BCUT2D eigenvalue weighted by Gasteiger charge is 2.08. The van der Waals surface area contributed by atoms with Crippen LogP contribution in [0.15, 0.2) is 18.2 Å². The van der Waals surface area contributed by atoms with Gasteiger partial charge >= 0.3 is 5.97 Å². The van der Waals surface area contributed by atoms with Crippen molar-refractivity contribution in [2.75, 3.05) is 6.61 Å². The van der Waals surface area contributed by atoms with Crippen molar-refractivity contribution in [3.63, 3.8) is 0 Å². The van der Waals surface area contributed by atoms with Crippen LogP contribution in [0.25, 0.3) is 4.85 Å². The van der Waals surface area contributed by atoms with Gasteiger partial charge in [-0.3, -0.25) is 0 Å². The summed E-state index contributed by atoms with van der Waals surface area (Å²) in [5.41, 5.74) is 0.698. The van der Waals surface area contributed by atoms with Gasteiger partial charge in [-0.15, -0.1) is 0 Å². The number of benzene rings is 1. The van der Waals surface area contributed by atoms with Gasteiger partial charge in [0.25, 0.3) is 0 Å². The third-order valence-corrected chi connectivity index (χ3v) is 1.88. The first-order valence-electron chi connectivity index (χ1n) is 4.03. The molecular weight excluding hydrogens is 202 g/mol. The molecule has 0 saturated heterocycles.